The zero-order valence-corrected chi connectivity index (χ0v) is 12.8. The van der Waals surface area contributed by atoms with Crippen LogP contribution in [0.4, 0.5) is 4.79 Å². The summed E-state index contributed by atoms with van der Waals surface area (Å²) < 4.78 is 5.17. The lowest BCUT2D eigenvalue weighted by atomic mass is 10.1. The first-order chi connectivity index (χ1) is 10.1. The standard InChI is InChI=1S/C14H25N3O4/c1-3-4-5-12(10-18)16-13(19)11(2)15-14(20)17-6-8-21-9-7-17/h10-12H,3-9H2,1-2H3,(H,15,20)(H,16,19)/t11-,12-/m0/s1. The lowest BCUT2D eigenvalue weighted by Crippen LogP contribution is -2.53. The van der Waals surface area contributed by atoms with Crippen molar-refractivity contribution >= 4 is 18.2 Å². The fourth-order valence-corrected chi connectivity index (χ4v) is 2.01. The number of urea groups is 1. The van der Waals surface area contributed by atoms with Gasteiger partial charge in [-0.15, -0.1) is 0 Å². The molecule has 0 aromatic rings. The molecule has 0 aliphatic carbocycles. The van der Waals surface area contributed by atoms with Gasteiger partial charge in [0.2, 0.25) is 5.91 Å². The first-order valence-corrected chi connectivity index (χ1v) is 7.47. The van der Waals surface area contributed by atoms with Crippen molar-refractivity contribution in [2.75, 3.05) is 26.3 Å². The number of carbonyl (C=O) groups excluding carboxylic acids is 3. The van der Waals surface area contributed by atoms with Crippen molar-refractivity contribution in [1.29, 1.82) is 0 Å². The molecule has 0 unspecified atom stereocenters. The summed E-state index contributed by atoms with van der Waals surface area (Å²) in [7, 11) is 0. The molecular weight excluding hydrogens is 274 g/mol. The molecule has 1 heterocycles. The lowest BCUT2D eigenvalue weighted by molar-refractivity contribution is -0.125. The van der Waals surface area contributed by atoms with Crippen LogP contribution in [0.2, 0.25) is 0 Å². The molecule has 1 saturated heterocycles. The van der Waals surface area contributed by atoms with Gasteiger partial charge < -0.3 is 25.1 Å². The van der Waals surface area contributed by atoms with Gasteiger partial charge in [0.25, 0.3) is 0 Å². The first-order valence-electron chi connectivity index (χ1n) is 7.47. The smallest absolute Gasteiger partial charge is 0.318 e. The second-order valence-corrected chi connectivity index (χ2v) is 5.16. The number of nitrogens with zero attached hydrogens (tertiary/aromatic N) is 1. The van der Waals surface area contributed by atoms with E-state index < -0.39 is 12.1 Å². The van der Waals surface area contributed by atoms with Crippen LogP contribution in [0.1, 0.15) is 33.1 Å². The number of nitrogens with one attached hydrogen (secondary N) is 2. The molecule has 0 spiro atoms. The fraction of sp³-hybridized carbons (Fsp3) is 0.786. The summed E-state index contributed by atoms with van der Waals surface area (Å²) >= 11 is 0. The summed E-state index contributed by atoms with van der Waals surface area (Å²) in [5.74, 6) is -0.343. The zero-order valence-electron chi connectivity index (χ0n) is 12.8. The van der Waals surface area contributed by atoms with Crippen LogP contribution in [-0.2, 0) is 14.3 Å². The van der Waals surface area contributed by atoms with Crippen LogP contribution in [-0.4, -0.2) is 61.5 Å². The summed E-state index contributed by atoms with van der Waals surface area (Å²) in [5.41, 5.74) is 0. The number of rotatable bonds is 7. The highest BCUT2D eigenvalue weighted by Crippen LogP contribution is 2.00. The Bertz CT molecular complexity index is 356. The van der Waals surface area contributed by atoms with Crippen LogP contribution in [0, 0.1) is 0 Å². The van der Waals surface area contributed by atoms with E-state index in [2.05, 4.69) is 10.6 Å². The van der Waals surface area contributed by atoms with Gasteiger partial charge in [-0.05, 0) is 13.3 Å². The second-order valence-electron chi connectivity index (χ2n) is 5.16. The van der Waals surface area contributed by atoms with E-state index >= 15 is 0 Å². The van der Waals surface area contributed by atoms with E-state index in [0.717, 1.165) is 19.1 Å². The molecule has 2 atom stereocenters. The molecule has 0 radical (unpaired) electrons. The summed E-state index contributed by atoms with van der Waals surface area (Å²) in [6.07, 6.45) is 3.20. The summed E-state index contributed by atoms with van der Waals surface area (Å²) in [4.78, 5) is 36.4. The number of hydrogen-bond acceptors (Lipinski definition) is 4. The lowest BCUT2D eigenvalue weighted by Gasteiger charge is -2.28. The van der Waals surface area contributed by atoms with Crippen molar-refractivity contribution in [3.05, 3.63) is 0 Å². The van der Waals surface area contributed by atoms with Crippen molar-refractivity contribution < 1.29 is 19.1 Å². The Labute approximate surface area is 125 Å². The Morgan fingerprint density at radius 3 is 2.52 bits per heavy atom. The largest absolute Gasteiger partial charge is 0.378 e. The SMILES string of the molecule is CCCC[C@@H](C=O)NC(=O)[C@H](C)NC(=O)N1CCOCC1. The highest BCUT2D eigenvalue weighted by atomic mass is 16.5. The molecule has 120 valence electrons. The van der Waals surface area contributed by atoms with Gasteiger partial charge in [-0.2, -0.15) is 0 Å². The molecule has 1 fully saturated rings. The van der Waals surface area contributed by atoms with Gasteiger partial charge in [0, 0.05) is 13.1 Å². The molecule has 7 nitrogen and oxygen atoms in total. The van der Waals surface area contributed by atoms with Crippen molar-refractivity contribution in [3.8, 4) is 0 Å². The average molecular weight is 299 g/mol. The van der Waals surface area contributed by atoms with Gasteiger partial charge in [0.05, 0.1) is 19.3 Å². The number of carbonyl (C=O) groups is 3. The number of hydrogen-bond donors (Lipinski definition) is 2. The van der Waals surface area contributed by atoms with Crippen LogP contribution < -0.4 is 10.6 Å². The van der Waals surface area contributed by atoms with Crippen molar-refractivity contribution in [2.24, 2.45) is 0 Å². The number of ether oxygens (including phenoxy) is 1. The van der Waals surface area contributed by atoms with E-state index in [4.69, 9.17) is 4.74 Å². The van der Waals surface area contributed by atoms with Gasteiger partial charge >= 0.3 is 6.03 Å². The fourth-order valence-electron chi connectivity index (χ4n) is 2.01. The highest BCUT2D eigenvalue weighted by molar-refractivity contribution is 5.88. The molecule has 1 rings (SSSR count). The molecule has 7 heteroatoms. The summed E-state index contributed by atoms with van der Waals surface area (Å²) in [6, 6.07) is -1.44. The van der Waals surface area contributed by atoms with Gasteiger partial charge in [0.15, 0.2) is 0 Å². The van der Waals surface area contributed by atoms with Gasteiger partial charge in [0.1, 0.15) is 12.3 Å². The van der Waals surface area contributed by atoms with Crippen LogP contribution in [0.25, 0.3) is 0 Å². The highest BCUT2D eigenvalue weighted by Gasteiger charge is 2.22. The zero-order chi connectivity index (χ0) is 15.7. The van der Waals surface area contributed by atoms with E-state index in [1.165, 1.54) is 0 Å². The van der Waals surface area contributed by atoms with E-state index in [9.17, 15) is 14.4 Å². The van der Waals surface area contributed by atoms with Gasteiger partial charge in [-0.1, -0.05) is 19.8 Å². The molecule has 3 amide bonds. The molecule has 0 aromatic heterocycles. The van der Waals surface area contributed by atoms with Crippen LogP contribution in [0.15, 0.2) is 0 Å². The second kappa shape index (κ2) is 9.33. The maximum atomic E-state index is 12.0. The Balaban J connectivity index is 2.38. The predicted molar refractivity (Wildman–Crippen MR) is 77.9 cm³/mol. The maximum absolute atomic E-state index is 12.0. The predicted octanol–water partition coefficient (Wildman–Crippen LogP) is 0.291. The Kier molecular flexibility index (Phi) is 7.74. The minimum Gasteiger partial charge on any atom is -0.378 e. The Hall–Kier alpha value is -1.63. The molecule has 0 bridgehead atoms. The number of aldehydes is 1. The van der Waals surface area contributed by atoms with Gasteiger partial charge in [-0.3, -0.25) is 4.79 Å². The monoisotopic (exact) mass is 299 g/mol. The van der Waals surface area contributed by atoms with E-state index in [1.807, 2.05) is 6.92 Å². The minimum absolute atomic E-state index is 0.280. The van der Waals surface area contributed by atoms with Crippen molar-refractivity contribution in [1.82, 2.24) is 15.5 Å². The molecule has 0 saturated carbocycles. The van der Waals surface area contributed by atoms with E-state index in [0.29, 0.717) is 32.7 Å². The van der Waals surface area contributed by atoms with E-state index in [1.54, 1.807) is 11.8 Å². The van der Waals surface area contributed by atoms with Crippen molar-refractivity contribution in [3.63, 3.8) is 0 Å². The maximum Gasteiger partial charge on any atom is 0.318 e. The van der Waals surface area contributed by atoms with E-state index in [-0.39, 0.29) is 11.9 Å². The third kappa shape index (κ3) is 6.12. The number of amides is 3. The quantitative estimate of drug-likeness (QED) is 0.661. The average Bonchev–Trinajstić information content (AvgIpc) is 2.51. The number of unbranched alkanes of at least 4 members (excludes halogenated alkanes) is 1. The molecule has 0 aromatic carbocycles. The minimum atomic E-state index is -0.676. The summed E-state index contributed by atoms with van der Waals surface area (Å²) in [6.45, 7) is 5.70. The molecule has 1 aliphatic heterocycles. The molecule has 1 aliphatic rings. The molecule has 2 N–H and O–H groups in total. The topological polar surface area (TPSA) is 87.7 Å². The van der Waals surface area contributed by atoms with Crippen LogP contribution in [0.3, 0.4) is 0 Å². The third-order valence-corrected chi connectivity index (χ3v) is 3.39. The Morgan fingerprint density at radius 1 is 1.29 bits per heavy atom. The van der Waals surface area contributed by atoms with Crippen molar-refractivity contribution in [2.45, 2.75) is 45.2 Å². The first kappa shape index (κ1) is 17.4. The molecule has 21 heavy (non-hydrogen) atoms. The normalized spacial score (nSPS) is 17.7. The summed E-state index contributed by atoms with van der Waals surface area (Å²) in [5, 5.41) is 5.28. The Morgan fingerprint density at radius 2 is 1.95 bits per heavy atom. The van der Waals surface area contributed by atoms with Crippen LogP contribution >= 0.6 is 0 Å². The van der Waals surface area contributed by atoms with Crippen LogP contribution in [0.5, 0.6) is 0 Å². The van der Waals surface area contributed by atoms with Gasteiger partial charge in [-0.25, -0.2) is 4.79 Å². The molecular formula is C14H25N3O4. The number of morpholine rings is 1. The third-order valence-electron chi connectivity index (χ3n) is 3.39.